The van der Waals surface area contributed by atoms with Crippen LogP contribution in [0.2, 0.25) is 0 Å². The second-order valence-electron chi connectivity index (χ2n) is 5.56. The minimum atomic E-state index is -0.909. The van der Waals surface area contributed by atoms with Gasteiger partial charge in [-0.05, 0) is 20.3 Å². The predicted octanol–water partition coefficient (Wildman–Crippen LogP) is 3.26. The van der Waals surface area contributed by atoms with E-state index in [-0.39, 0.29) is 23.0 Å². The van der Waals surface area contributed by atoms with Crippen LogP contribution in [0.4, 0.5) is 5.69 Å². The van der Waals surface area contributed by atoms with Crippen molar-refractivity contribution in [1.29, 1.82) is 0 Å². The van der Waals surface area contributed by atoms with Crippen LogP contribution in [0.3, 0.4) is 0 Å². The van der Waals surface area contributed by atoms with Crippen molar-refractivity contribution < 1.29 is 28.5 Å². The fourth-order valence-corrected chi connectivity index (χ4v) is 2.32. The summed E-state index contributed by atoms with van der Waals surface area (Å²) in [5, 5.41) is 15.1. The third-order valence-corrected chi connectivity index (χ3v) is 3.59. The second kappa shape index (κ2) is 8.97. The maximum Gasteiger partial charge on any atom is 0.346 e. The Morgan fingerprint density at radius 1 is 1.33 bits per heavy atom. The highest BCUT2D eigenvalue weighted by Gasteiger charge is 2.28. The van der Waals surface area contributed by atoms with Gasteiger partial charge in [0.2, 0.25) is 0 Å². The van der Waals surface area contributed by atoms with E-state index in [1.165, 1.54) is 13.2 Å². The molecule has 0 saturated heterocycles. The fraction of sp³-hybridized carbons (Fsp3) is 0.471. The lowest BCUT2D eigenvalue weighted by Crippen LogP contribution is -2.12. The Balaban J connectivity index is 2.29. The molecule has 0 bridgehead atoms. The van der Waals surface area contributed by atoms with Gasteiger partial charge in [-0.3, -0.25) is 10.1 Å². The number of rotatable bonds is 9. The molecule has 1 atom stereocenters. The monoisotopic (exact) mass is 379 g/mol. The molecule has 146 valence electrons. The topological polar surface area (TPSA) is 127 Å². The predicted molar refractivity (Wildman–Crippen MR) is 92.9 cm³/mol. The van der Waals surface area contributed by atoms with Crippen molar-refractivity contribution in [3.63, 3.8) is 0 Å². The first-order valence-electron chi connectivity index (χ1n) is 8.43. The van der Waals surface area contributed by atoms with Crippen molar-refractivity contribution in [3.05, 3.63) is 39.5 Å². The first-order chi connectivity index (χ1) is 12.9. The van der Waals surface area contributed by atoms with Gasteiger partial charge in [0, 0.05) is 12.5 Å². The molecular formula is C17H21N3O7. The summed E-state index contributed by atoms with van der Waals surface area (Å²) >= 11 is 0. The number of benzene rings is 1. The van der Waals surface area contributed by atoms with Gasteiger partial charge < -0.3 is 18.7 Å². The number of hydrogen-bond donors (Lipinski definition) is 0. The van der Waals surface area contributed by atoms with Crippen LogP contribution in [0, 0.1) is 10.1 Å². The summed E-state index contributed by atoms with van der Waals surface area (Å²) < 4.78 is 20.8. The molecular weight excluding hydrogens is 358 g/mol. The second-order valence-corrected chi connectivity index (χ2v) is 5.56. The summed E-state index contributed by atoms with van der Waals surface area (Å²) in [6, 6.07) is 2.35. The standard InChI is InChI=1S/C17H21N3O7/c1-5-7-15-18-16(27-19-15)10(3)26-17(21)11-8-14(25-6-2)13(24-4)9-12(11)20(22)23/h8-10H,5-7H2,1-4H3. The van der Waals surface area contributed by atoms with Gasteiger partial charge in [-0.25, -0.2) is 4.79 Å². The van der Waals surface area contributed by atoms with Gasteiger partial charge in [-0.1, -0.05) is 12.1 Å². The van der Waals surface area contributed by atoms with Crippen LogP contribution in [0.25, 0.3) is 0 Å². The van der Waals surface area contributed by atoms with Crippen molar-refractivity contribution in [2.75, 3.05) is 13.7 Å². The molecule has 27 heavy (non-hydrogen) atoms. The van der Waals surface area contributed by atoms with Crippen LogP contribution in [-0.2, 0) is 11.2 Å². The molecule has 1 unspecified atom stereocenters. The van der Waals surface area contributed by atoms with Crippen molar-refractivity contribution in [1.82, 2.24) is 10.1 Å². The molecule has 0 aliphatic heterocycles. The highest BCUT2D eigenvalue weighted by molar-refractivity contribution is 5.95. The average Bonchev–Trinajstić information content (AvgIpc) is 3.10. The molecule has 1 aromatic carbocycles. The van der Waals surface area contributed by atoms with Gasteiger partial charge in [0.05, 0.1) is 24.7 Å². The molecule has 0 saturated carbocycles. The number of aromatic nitrogens is 2. The van der Waals surface area contributed by atoms with E-state index >= 15 is 0 Å². The SMILES string of the molecule is CCCc1noc(C(C)OC(=O)c2cc(OCC)c(OC)cc2[N+](=O)[O-])n1. The van der Waals surface area contributed by atoms with E-state index in [0.717, 1.165) is 12.5 Å². The molecule has 2 aromatic rings. The molecule has 10 nitrogen and oxygen atoms in total. The Morgan fingerprint density at radius 3 is 2.67 bits per heavy atom. The number of nitrogens with zero attached hydrogens (tertiary/aromatic N) is 3. The van der Waals surface area contributed by atoms with E-state index < -0.39 is 22.7 Å². The number of methoxy groups -OCH3 is 1. The van der Waals surface area contributed by atoms with Crippen LogP contribution in [0.5, 0.6) is 11.5 Å². The Hall–Kier alpha value is -3.17. The number of esters is 1. The normalized spacial score (nSPS) is 11.7. The smallest absolute Gasteiger partial charge is 0.346 e. The molecule has 2 rings (SSSR count). The molecule has 0 spiro atoms. The quantitative estimate of drug-likeness (QED) is 0.366. The van der Waals surface area contributed by atoms with E-state index in [4.69, 9.17) is 18.7 Å². The highest BCUT2D eigenvalue weighted by Crippen LogP contribution is 2.35. The van der Waals surface area contributed by atoms with Crippen LogP contribution in [0.1, 0.15) is 55.4 Å². The lowest BCUT2D eigenvalue weighted by Gasteiger charge is -2.13. The van der Waals surface area contributed by atoms with E-state index in [9.17, 15) is 14.9 Å². The number of hydrogen-bond acceptors (Lipinski definition) is 9. The Morgan fingerprint density at radius 2 is 2.07 bits per heavy atom. The van der Waals surface area contributed by atoms with E-state index in [0.29, 0.717) is 18.9 Å². The van der Waals surface area contributed by atoms with E-state index in [2.05, 4.69) is 10.1 Å². The Bertz CT molecular complexity index is 819. The zero-order valence-electron chi connectivity index (χ0n) is 15.6. The Kier molecular flexibility index (Phi) is 6.69. The molecule has 0 fully saturated rings. The number of carbonyl (C=O) groups excluding carboxylic acids is 1. The first kappa shape index (κ1) is 20.1. The zero-order valence-corrected chi connectivity index (χ0v) is 15.6. The first-order valence-corrected chi connectivity index (χ1v) is 8.43. The lowest BCUT2D eigenvalue weighted by molar-refractivity contribution is -0.385. The number of nitro benzene ring substituents is 1. The lowest BCUT2D eigenvalue weighted by atomic mass is 10.1. The summed E-state index contributed by atoms with van der Waals surface area (Å²) in [5.74, 6) is 0.0629. The minimum absolute atomic E-state index is 0.119. The number of nitro groups is 1. The highest BCUT2D eigenvalue weighted by atomic mass is 16.6. The summed E-state index contributed by atoms with van der Waals surface area (Å²) in [6.45, 7) is 5.55. The van der Waals surface area contributed by atoms with Gasteiger partial charge in [0.25, 0.3) is 11.6 Å². The summed E-state index contributed by atoms with van der Waals surface area (Å²) in [7, 11) is 1.35. The van der Waals surface area contributed by atoms with Crippen LogP contribution >= 0.6 is 0 Å². The van der Waals surface area contributed by atoms with Crippen molar-refractivity contribution in [3.8, 4) is 11.5 Å². The largest absolute Gasteiger partial charge is 0.493 e. The van der Waals surface area contributed by atoms with Crippen molar-refractivity contribution in [2.45, 2.75) is 39.7 Å². The molecule has 0 aliphatic carbocycles. The van der Waals surface area contributed by atoms with Crippen LogP contribution in [0.15, 0.2) is 16.7 Å². The van der Waals surface area contributed by atoms with Crippen LogP contribution in [-0.4, -0.2) is 34.7 Å². The maximum absolute atomic E-state index is 12.5. The van der Waals surface area contributed by atoms with Crippen LogP contribution < -0.4 is 9.47 Å². The molecule has 0 radical (unpaired) electrons. The van der Waals surface area contributed by atoms with Gasteiger partial charge >= 0.3 is 5.97 Å². The number of aryl methyl sites for hydroxylation is 1. The maximum atomic E-state index is 12.5. The summed E-state index contributed by atoms with van der Waals surface area (Å²) in [6.07, 6.45) is 0.602. The van der Waals surface area contributed by atoms with Gasteiger partial charge in [0.15, 0.2) is 23.4 Å². The summed E-state index contributed by atoms with van der Waals surface area (Å²) in [5.41, 5.74) is -0.714. The van der Waals surface area contributed by atoms with Crippen molar-refractivity contribution >= 4 is 11.7 Å². The summed E-state index contributed by atoms with van der Waals surface area (Å²) in [4.78, 5) is 27.3. The zero-order chi connectivity index (χ0) is 20.0. The van der Waals surface area contributed by atoms with Gasteiger partial charge in [0.1, 0.15) is 5.56 Å². The third kappa shape index (κ3) is 4.72. The van der Waals surface area contributed by atoms with Crippen molar-refractivity contribution in [2.24, 2.45) is 0 Å². The van der Waals surface area contributed by atoms with E-state index in [1.807, 2.05) is 6.92 Å². The number of carbonyl (C=O) groups is 1. The Labute approximate surface area is 155 Å². The van der Waals surface area contributed by atoms with Gasteiger partial charge in [-0.15, -0.1) is 0 Å². The third-order valence-electron chi connectivity index (χ3n) is 3.59. The average molecular weight is 379 g/mol. The molecule has 1 aromatic heterocycles. The van der Waals surface area contributed by atoms with E-state index in [1.54, 1.807) is 13.8 Å². The molecule has 0 N–H and O–H groups in total. The number of ether oxygens (including phenoxy) is 3. The fourth-order valence-electron chi connectivity index (χ4n) is 2.32. The molecule has 1 heterocycles. The van der Waals surface area contributed by atoms with Gasteiger partial charge in [-0.2, -0.15) is 4.98 Å². The molecule has 0 amide bonds. The minimum Gasteiger partial charge on any atom is -0.493 e. The molecule has 0 aliphatic rings. The molecule has 10 heteroatoms.